The summed E-state index contributed by atoms with van der Waals surface area (Å²) in [6.07, 6.45) is 0.228. The van der Waals surface area contributed by atoms with Crippen LogP contribution in [0.25, 0.3) is 0 Å². The van der Waals surface area contributed by atoms with E-state index in [2.05, 4.69) is 0 Å². The van der Waals surface area contributed by atoms with E-state index < -0.39 is 23.1 Å². The number of carbonyl (C=O) groups is 1. The Kier molecular flexibility index (Phi) is 4.70. The van der Waals surface area contributed by atoms with Gasteiger partial charge in [0, 0.05) is 10.1 Å². The maximum Gasteiger partial charge on any atom is 0.323 e. The van der Waals surface area contributed by atoms with Crippen molar-refractivity contribution in [3.8, 4) is 0 Å². The zero-order chi connectivity index (χ0) is 13.9. The fraction of sp³-hybridized carbons (Fsp3) is 0.417. The molecular weight excluding hydrogens is 260 g/mol. The van der Waals surface area contributed by atoms with Crippen LogP contribution in [-0.2, 0) is 4.79 Å². The summed E-state index contributed by atoms with van der Waals surface area (Å²) >= 11 is 1.26. The van der Waals surface area contributed by atoms with Crippen LogP contribution in [0.4, 0.5) is 8.78 Å². The predicted molar refractivity (Wildman–Crippen MR) is 66.5 cm³/mol. The lowest BCUT2D eigenvalue weighted by Gasteiger charge is -2.23. The molecule has 18 heavy (non-hydrogen) atoms. The molecule has 1 aromatic rings. The van der Waals surface area contributed by atoms with Gasteiger partial charge in [-0.05, 0) is 31.5 Å². The number of benzene rings is 1. The highest BCUT2D eigenvalue weighted by molar-refractivity contribution is 7.99. The molecule has 1 aromatic carbocycles. The molecule has 0 spiro atoms. The Balaban J connectivity index is 2.67. The Morgan fingerprint density at radius 3 is 2.61 bits per heavy atom. The predicted octanol–water partition coefficient (Wildman–Crippen LogP) is 2.64. The van der Waals surface area contributed by atoms with E-state index in [0.29, 0.717) is 4.90 Å². The van der Waals surface area contributed by atoms with Gasteiger partial charge in [-0.1, -0.05) is 6.92 Å². The number of nitrogens with two attached hydrogens (primary N) is 1. The Hall–Kier alpha value is -1.14. The zero-order valence-corrected chi connectivity index (χ0v) is 10.9. The zero-order valence-electron chi connectivity index (χ0n) is 10.1. The highest BCUT2D eigenvalue weighted by atomic mass is 32.2. The molecule has 3 N–H and O–H groups in total. The first kappa shape index (κ1) is 14.9. The van der Waals surface area contributed by atoms with E-state index in [4.69, 9.17) is 10.8 Å². The molecule has 0 saturated carbocycles. The van der Waals surface area contributed by atoms with Crippen molar-refractivity contribution in [2.24, 2.45) is 5.73 Å². The Morgan fingerprint density at radius 1 is 1.50 bits per heavy atom. The number of rotatable bonds is 5. The average Bonchev–Trinajstić information content (AvgIpc) is 2.22. The van der Waals surface area contributed by atoms with Crippen LogP contribution in [0.15, 0.2) is 23.1 Å². The van der Waals surface area contributed by atoms with Gasteiger partial charge in [0.15, 0.2) is 11.6 Å². The lowest BCUT2D eigenvalue weighted by Crippen LogP contribution is -2.46. The monoisotopic (exact) mass is 275 g/mol. The van der Waals surface area contributed by atoms with Gasteiger partial charge in [-0.3, -0.25) is 4.79 Å². The van der Waals surface area contributed by atoms with Crippen molar-refractivity contribution in [2.45, 2.75) is 36.0 Å². The topological polar surface area (TPSA) is 63.3 Å². The standard InChI is InChI=1S/C12H15F2NO2S/c1-7(6-12(2,15)11(16)17)18-8-3-4-9(13)10(14)5-8/h3-5,7H,6,15H2,1-2H3,(H,16,17). The molecule has 0 aliphatic heterocycles. The van der Waals surface area contributed by atoms with Crippen LogP contribution in [0.3, 0.4) is 0 Å². The molecule has 0 heterocycles. The van der Waals surface area contributed by atoms with Crippen LogP contribution in [0.2, 0.25) is 0 Å². The van der Waals surface area contributed by atoms with Gasteiger partial charge in [0.1, 0.15) is 5.54 Å². The van der Waals surface area contributed by atoms with E-state index in [0.717, 1.165) is 12.1 Å². The van der Waals surface area contributed by atoms with Gasteiger partial charge in [0.2, 0.25) is 0 Å². The largest absolute Gasteiger partial charge is 0.480 e. The minimum atomic E-state index is -1.33. The summed E-state index contributed by atoms with van der Waals surface area (Å²) in [6.45, 7) is 3.22. The quantitative estimate of drug-likeness (QED) is 0.811. The average molecular weight is 275 g/mol. The summed E-state index contributed by atoms with van der Waals surface area (Å²) < 4.78 is 25.7. The molecule has 2 unspecified atom stereocenters. The molecule has 100 valence electrons. The lowest BCUT2D eigenvalue weighted by molar-refractivity contribution is -0.142. The summed E-state index contributed by atoms with van der Waals surface area (Å²) in [5.74, 6) is -2.90. The third-order valence-corrected chi connectivity index (χ3v) is 3.52. The SMILES string of the molecule is CC(CC(C)(N)C(=O)O)Sc1ccc(F)c(F)c1. The van der Waals surface area contributed by atoms with Crippen LogP contribution in [-0.4, -0.2) is 21.9 Å². The van der Waals surface area contributed by atoms with Crippen LogP contribution in [0, 0.1) is 11.6 Å². The van der Waals surface area contributed by atoms with E-state index in [1.165, 1.54) is 24.8 Å². The molecule has 0 aromatic heterocycles. The van der Waals surface area contributed by atoms with Crippen LogP contribution >= 0.6 is 11.8 Å². The first-order valence-electron chi connectivity index (χ1n) is 5.36. The van der Waals surface area contributed by atoms with Gasteiger partial charge in [-0.2, -0.15) is 0 Å². The second kappa shape index (κ2) is 5.67. The van der Waals surface area contributed by atoms with Crippen molar-refractivity contribution in [3.63, 3.8) is 0 Å². The van der Waals surface area contributed by atoms with E-state index in [-0.39, 0.29) is 11.7 Å². The number of halogens is 2. The van der Waals surface area contributed by atoms with Gasteiger partial charge in [-0.25, -0.2) is 8.78 Å². The molecule has 0 amide bonds. The van der Waals surface area contributed by atoms with Crippen LogP contribution in [0.1, 0.15) is 20.3 Å². The van der Waals surface area contributed by atoms with Gasteiger partial charge in [-0.15, -0.1) is 11.8 Å². The summed E-state index contributed by atoms with van der Waals surface area (Å²) in [5.41, 5.74) is 4.29. The van der Waals surface area contributed by atoms with E-state index in [9.17, 15) is 13.6 Å². The van der Waals surface area contributed by atoms with E-state index >= 15 is 0 Å². The molecule has 0 radical (unpaired) electrons. The molecule has 0 saturated heterocycles. The van der Waals surface area contributed by atoms with Crippen molar-refractivity contribution in [3.05, 3.63) is 29.8 Å². The Morgan fingerprint density at radius 2 is 2.11 bits per heavy atom. The van der Waals surface area contributed by atoms with Gasteiger partial charge >= 0.3 is 5.97 Å². The number of carboxylic acid groups (broad SMARTS) is 1. The molecule has 2 atom stereocenters. The summed E-state index contributed by atoms with van der Waals surface area (Å²) in [4.78, 5) is 11.4. The highest BCUT2D eigenvalue weighted by Crippen LogP contribution is 2.29. The van der Waals surface area contributed by atoms with Gasteiger partial charge in [0.05, 0.1) is 0 Å². The first-order valence-corrected chi connectivity index (χ1v) is 6.24. The van der Waals surface area contributed by atoms with Gasteiger partial charge in [0.25, 0.3) is 0 Å². The second-order valence-corrected chi connectivity index (χ2v) is 5.94. The summed E-state index contributed by atoms with van der Waals surface area (Å²) in [5, 5.41) is 8.77. The van der Waals surface area contributed by atoms with Crippen LogP contribution < -0.4 is 5.73 Å². The highest BCUT2D eigenvalue weighted by Gasteiger charge is 2.30. The molecule has 1 rings (SSSR count). The normalized spacial score (nSPS) is 16.1. The van der Waals surface area contributed by atoms with Crippen LogP contribution in [0.5, 0.6) is 0 Å². The lowest BCUT2D eigenvalue weighted by atomic mass is 9.98. The molecule has 0 aliphatic rings. The second-order valence-electron chi connectivity index (χ2n) is 4.43. The van der Waals surface area contributed by atoms with Crippen molar-refractivity contribution in [1.82, 2.24) is 0 Å². The van der Waals surface area contributed by atoms with Crippen molar-refractivity contribution in [2.75, 3.05) is 0 Å². The fourth-order valence-corrected chi connectivity index (χ4v) is 2.72. The van der Waals surface area contributed by atoms with Crippen molar-refractivity contribution < 1.29 is 18.7 Å². The van der Waals surface area contributed by atoms with Crippen molar-refractivity contribution >= 4 is 17.7 Å². The third kappa shape index (κ3) is 3.96. The van der Waals surface area contributed by atoms with E-state index in [1.54, 1.807) is 6.92 Å². The number of hydrogen-bond donors (Lipinski definition) is 2. The molecule has 3 nitrogen and oxygen atoms in total. The number of carboxylic acids is 1. The van der Waals surface area contributed by atoms with Crippen molar-refractivity contribution in [1.29, 1.82) is 0 Å². The third-order valence-electron chi connectivity index (χ3n) is 2.43. The fourth-order valence-electron chi connectivity index (χ4n) is 1.51. The first-order chi connectivity index (χ1) is 8.22. The minimum absolute atomic E-state index is 0.124. The molecule has 0 bridgehead atoms. The molecular formula is C12H15F2NO2S. The van der Waals surface area contributed by atoms with E-state index in [1.807, 2.05) is 0 Å². The van der Waals surface area contributed by atoms with Gasteiger partial charge < -0.3 is 10.8 Å². The summed E-state index contributed by atoms with van der Waals surface area (Å²) in [7, 11) is 0. The Bertz CT molecular complexity index is 452. The summed E-state index contributed by atoms with van der Waals surface area (Å²) in [6, 6.07) is 3.59. The number of thioether (sulfide) groups is 1. The maximum absolute atomic E-state index is 13.0. The number of aliphatic carboxylic acids is 1. The minimum Gasteiger partial charge on any atom is -0.480 e. The molecule has 0 fully saturated rings. The molecule has 0 aliphatic carbocycles. The smallest absolute Gasteiger partial charge is 0.323 e. The number of hydrogen-bond acceptors (Lipinski definition) is 3. The Labute approximate surface area is 108 Å². The maximum atomic E-state index is 13.0. The molecule has 6 heteroatoms.